The maximum Gasteiger partial charge on any atom is 0.260 e. The summed E-state index contributed by atoms with van der Waals surface area (Å²) in [6, 6.07) is 10.5. The fourth-order valence-corrected chi connectivity index (χ4v) is 3.56. The van der Waals surface area contributed by atoms with Crippen LogP contribution in [0.4, 0.5) is 10.1 Å². The molecule has 0 aromatic heterocycles. The number of rotatable bonds is 4. The Morgan fingerprint density at radius 2 is 1.88 bits per heavy atom. The molecule has 0 spiro atoms. The number of carbonyl (C=O) groups excluding carboxylic acids is 1. The van der Waals surface area contributed by atoms with Crippen LogP contribution in [-0.4, -0.2) is 43.6 Å². The summed E-state index contributed by atoms with van der Waals surface area (Å²) in [4.78, 5) is 16.5. The smallest absolute Gasteiger partial charge is 0.260 e. The minimum absolute atomic E-state index is 0.0479. The van der Waals surface area contributed by atoms with Gasteiger partial charge in [-0.25, -0.2) is 4.39 Å². The van der Waals surface area contributed by atoms with E-state index in [0.717, 1.165) is 13.1 Å². The number of nitrogens with zero attached hydrogens (tertiary/aromatic N) is 2. The zero-order valence-corrected chi connectivity index (χ0v) is 16.6. The number of piperazine rings is 1. The van der Waals surface area contributed by atoms with Gasteiger partial charge in [0, 0.05) is 31.9 Å². The predicted octanol–water partition coefficient (Wildman–Crippen LogP) is 3.93. The summed E-state index contributed by atoms with van der Waals surface area (Å²) in [6.45, 7) is 7.14. The molecule has 1 saturated heterocycles. The van der Waals surface area contributed by atoms with E-state index in [1.165, 1.54) is 35.0 Å². The molecule has 0 radical (unpaired) electrons. The van der Waals surface area contributed by atoms with E-state index >= 15 is 0 Å². The number of benzene rings is 2. The summed E-state index contributed by atoms with van der Waals surface area (Å²) in [5.41, 5.74) is 3.81. The van der Waals surface area contributed by atoms with E-state index in [1.54, 1.807) is 0 Å². The molecule has 0 aliphatic carbocycles. The van der Waals surface area contributed by atoms with Crippen molar-refractivity contribution in [3.63, 3.8) is 0 Å². The van der Waals surface area contributed by atoms with Crippen LogP contribution in [0.15, 0.2) is 40.9 Å². The molecule has 1 aliphatic heterocycles. The molecule has 2 aromatic rings. The van der Waals surface area contributed by atoms with Crippen molar-refractivity contribution < 1.29 is 13.9 Å². The maximum atomic E-state index is 13.1. The summed E-state index contributed by atoms with van der Waals surface area (Å²) in [5, 5.41) is 0. The molecule has 2 aromatic carbocycles. The van der Waals surface area contributed by atoms with E-state index in [-0.39, 0.29) is 18.3 Å². The fourth-order valence-electron chi connectivity index (χ4n) is 3.10. The molecule has 1 aliphatic rings. The third kappa shape index (κ3) is 4.18. The minimum atomic E-state index is -0.349. The van der Waals surface area contributed by atoms with Crippen LogP contribution in [0.1, 0.15) is 11.1 Å². The van der Waals surface area contributed by atoms with Crippen molar-refractivity contribution in [2.45, 2.75) is 13.8 Å². The highest BCUT2D eigenvalue weighted by Gasteiger charge is 2.22. The first-order valence-corrected chi connectivity index (χ1v) is 9.42. The van der Waals surface area contributed by atoms with Crippen LogP contribution >= 0.6 is 15.9 Å². The molecule has 0 atom stereocenters. The molecule has 1 amide bonds. The number of halogens is 2. The van der Waals surface area contributed by atoms with Gasteiger partial charge < -0.3 is 14.5 Å². The van der Waals surface area contributed by atoms with Gasteiger partial charge in [-0.3, -0.25) is 4.79 Å². The molecule has 0 saturated carbocycles. The van der Waals surface area contributed by atoms with Gasteiger partial charge in [-0.2, -0.15) is 0 Å². The van der Waals surface area contributed by atoms with Gasteiger partial charge in [-0.1, -0.05) is 12.1 Å². The predicted molar refractivity (Wildman–Crippen MR) is 104 cm³/mol. The molecular formula is C20H22BrFN2O2. The third-order valence-electron chi connectivity index (χ3n) is 4.79. The highest BCUT2D eigenvalue weighted by molar-refractivity contribution is 9.10. The summed E-state index contributed by atoms with van der Waals surface area (Å²) >= 11 is 3.24. The van der Waals surface area contributed by atoms with Crippen molar-refractivity contribution in [2.75, 3.05) is 37.7 Å². The molecule has 4 nitrogen and oxygen atoms in total. The number of anilines is 1. The minimum Gasteiger partial charge on any atom is -0.483 e. The average Bonchev–Trinajstić information content (AvgIpc) is 2.63. The Morgan fingerprint density at radius 3 is 2.58 bits per heavy atom. The lowest BCUT2D eigenvalue weighted by Gasteiger charge is -2.37. The van der Waals surface area contributed by atoms with Crippen molar-refractivity contribution in [3.8, 4) is 5.75 Å². The van der Waals surface area contributed by atoms with Gasteiger partial charge in [-0.15, -0.1) is 0 Å². The SMILES string of the molecule is Cc1cccc(N2CCN(C(=O)COc3ccc(F)cc3Br)CC2)c1C. The van der Waals surface area contributed by atoms with Crippen LogP contribution in [0, 0.1) is 19.7 Å². The van der Waals surface area contributed by atoms with Crippen molar-refractivity contribution in [1.29, 1.82) is 0 Å². The first-order valence-electron chi connectivity index (χ1n) is 8.62. The molecule has 138 valence electrons. The van der Waals surface area contributed by atoms with Crippen molar-refractivity contribution in [1.82, 2.24) is 4.90 Å². The van der Waals surface area contributed by atoms with E-state index in [0.29, 0.717) is 23.3 Å². The lowest BCUT2D eigenvalue weighted by atomic mass is 10.1. The quantitative estimate of drug-likeness (QED) is 0.750. The van der Waals surface area contributed by atoms with Crippen LogP contribution in [0.2, 0.25) is 0 Å². The number of hydrogen-bond donors (Lipinski definition) is 0. The Hall–Kier alpha value is -2.08. The molecule has 0 unspecified atom stereocenters. The Balaban J connectivity index is 1.54. The number of aryl methyl sites for hydroxylation is 1. The summed E-state index contributed by atoms with van der Waals surface area (Å²) < 4.78 is 19.1. The molecule has 26 heavy (non-hydrogen) atoms. The summed E-state index contributed by atoms with van der Waals surface area (Å²) in [5.74, 6) is 0.0636. The molecule has 6 heteroatoms. The normalized spacial score (nSPS) is 14.5. The average molecular weight is 421 g/mol. The van der Waals surface area contributed by atoms with Crippen molar-refractivity contribution in [3.05, 3.63) is 57.8 Å². The van der Waals surface area contributed by atoms with Gasteiger partial charge in [-0.05, 0) is 65.2 Å². The second kappa shape index (κ2) is 8.08. The van der Waals surface area contributed by atoms with Gasteiger partial charge in [0.05, 0.1) is 4.47 Å². The van der Waals surface area contributed by atoms with Gasteiger partial charge >= 0.3 is 0 Å². The maximum absolute atomic E-state index is 13.1. The van der Waals surface area contributed by atoms with Gasteiger partial charge in [0.2, 0.25) is 0 Å². The van der Waals surface area contributed by atoms with E-state index in [9.17, 15) is 9.18 Å². The van der Waals surface area contributed by atoms with Crippen LogP contribution in [0.25, 0.3) is 0 Å². The number of carbonyl (C=O) groups is 1. The lowest BCUT2D eigenvalue weighted by Crippen LogP contribution is -2.50. The number of hydrogen-bond acceptors (Lipinski definition) is 3. The second-order valence-electron chi connectivity index (χ2n) is 6.45. The van der Waals surface area contributed by atoms with Gasteiger partial charge in [0.1, 0.15) is 11.6 Å². The highest BCUT2D eigenvalue weighted by Crippen LogP contribution is 2.26. The fraction of sp³-hybridized carbons (Fsp3) is 0.350. The summed E-state index contributed by atoms with van der Waals surface area (Å²) in [7, 11) is 0. The molecule has 0 bridgehead atoms. The number of amides is 1. The Morgan fingerprint density at radius 1 is 1.15 bits per heavy atom. The summed E-state index contributed by atoms with van der Waals surface area (Å²) in [6.07, 6.45) is 0. The zero-order chi connectivity index (χ0) is 18.7. The molecular weight excluding hydrogens is 399 g/mol. The van der Waals surface area contributed by atoms with Crippen molar-refractivity contribution in [2.24, 2.45) is 0 Å². The van der Waals surface area contributed by atoms with Crippen molar-refractivity contribution >= 4 is 27.5 Å². The Bertz CT molecular complexity index is 804. The monoisotopic (exact) mass is 420 g/mol. The highest BCUT2D eigenvalue weighted by atomic mass is 79.9. The standard InChI is InChI=1S/C20H22BrFN2O2/c1-14-4-3-5-18(15(14)2)23-8-10-24(11-9-23)20(25)13-26-19-7-6-16(22)12-17(19)21/h3-7,12H,8-11,13H2,1-2H3. The first-order chi connectivity index (χ1) is 12.5. The first kappa shape index (κ1) is 18.7. The lowest BCUT2D eigenvalue weighted by molar-refractivity contribution is -0.133. The van der Waals surface area contributed by atoms with E-state index in [4.69, 9.17) is 4.74 Å². The Kier molecular flexibility index (Phi) is 5.81. The molecule has 0 N–H and O–H groups in total. The van der Waals surface area contributed by atoms with E-state index < -0.39 is 0 Å². The Labute approximate surface area is 161 Å². The van der Waals surface area contributed by atoms with Crippen LogP contribution < -0.4 is 9.64 Å². The molecule has 3 rings (SSSR count). The van der Waals surface area contributed by atoms with Gasteiger partial charge in [0.25, 0.3) is 5.91 Å². The number of ether oxygens (including phenoxy) is 1. The van der Waals surface area contributed by atoms with Crippen LogP contribution in [0.5, 0.6) is 5.75 Å². The molecule has 1 heterocycles. The van der Waals surface area contributed by atoms with E-state index in [1.807, 2.05) is 4.90 Å². The largest absolute Gasteiger partial charge is 0.483 e. The van der Waals surface area contributed by atoms with E-state index in [2.05, 4.69) is 52.9 Å². The molecule has 1 fully saturated rings. The van der Waals surface area contributed by atoms with Crippen LogP contribution in [0.3, 0.4) is 0 Å². The van der Waals surface area contributed by atoms with Crippen LogP contribution in [-0.2, 0) is 4.79 Å². The zero-order valence-electron chi connectivity index (χ0n) is 15.0. The second-order valence-corrected chi connectivity index (χ2v) is 7.30. The third-order valence-corrected chi connectivity index (χ3v) is 5.41. The topological polar surface area (TPSA) is 32.8 Å². The van der Waals surface area contributed by atoms with Gasteiger partial charge in [0.15, 0.2) is 6.61 Å².